The molecule has 9 heteroatoms. The van der Waals surface area contributed by atoms with Gasteiger partial charge in [0.2, 0.25) is 0 Å². The molecule has 1 aromatic heterocycles. The van der Waals surface area contributed by atoms with Gasteiger partial charge in [0.15, 0.2) is 0 Å². The van der Waals surface area contributed by atoms with Gasteiger partial charge in [-0.15, -0.1) is 0 Å². The van der Waals surface area contributed by atoms with Gasteiger partial charge >= 0.3 is 6.01 Å². The number of anilines is 2. The molecule has 3 aromatic rings. The van der Waals surface area contributed by atoms with Crippen LogP contribution in [-0.2, 0) is 17.7 Å². The second kappa shape index (κ2) is 11.1. The highest BCUT2D eigenvalue weighted by molar-refractivity contribution is 5.94. The Balaban J connectivity index is 1.31. The molecule has 0 radical (unpaired) electrons. The summed E-state index contributed by atoms with van der Waals surface area (Å²) in [5, 5.41) is 15.2. The van der Waals surface area contributed by atoms with E-state index in [0.29, 0.717) is 32.2 Å². The molecule has 2 aromatic carbocycles. The summed E-state index contributed by atoms with van der Waals surface area (Å²) in [5.41, 5.74) is 3.45. The Morgan fingerprint density at radius 2 is 2.00 bits per heavy atom. The summed E-state index contributed by atoms with van der Waals surface area (Å²) in [7, 11) is 2.10. The largest absolute Gasteiger partial charge is 0.462 e. The number of rotatable bonds is 6. The summed E-state index contributed by atoms with van der Waals surface area (Å²) in [6.45, 7) is 6.81. The van der Waals surface area contributed by atoms with Crippen molar-refractivity contribution in [1.29, 1.82) is 5.26 Å². The van der Waals surface area contributed by atoms with E-state index in [-0.39, 0.29) is 12.1 Å². The molecule has 2 saturated heterocycles. The van der Waals surface area contributed by atoms with E-state index in [1.165, 1.54) is 22.0 Å². The summed E-state index contributed by atoms with van der Waals surface area (Å²) in [6.07, 6.45) is 1.34. The number of benzene rings is 2. The van der Waals surface area contributed by atoms with E-state index in [9.17, 15) is 5.26 Å². The van der Waals surface area contributed by atoms with Gasteiger partial charge in [-0.2, -0.15) is 15.2 Å². The zero-order valence-corrected chi connectivity index (χ0v) is 22.0. The first-order valence-electron chi connectivity index (χ1n) is 13.6. The number of hydrogen-bond acceptors (Lipinski definition) is 9. The molecule has 2 fully saturated rings. The van der Waals surface area contributed by atoms with Crippen LogP contribution >= 0.6 is 0 Å². The molecule has 198 valence electrons. The van der Waals surface area contributed by atoms with Crippen molar-refractivity contribution in [3.8, 4) is 12.1 Å². The van der Waals surface area contributed by atoms with Crippen molar-refractivity contribution in [3.63, 3.8) is 0 Å². The van der Waals surface area contributed by atoms with E-state index in [1.807, 2.05) is 0 Å². The van der Waals surface area contributed by atoms with Gasteiger partial charge in [-0.1, -0.05) is 36.4 Å². The van der Waals surface area contributed by atoms with Gasteiger partial charge in [-0.3, -0.25) is 4.90 Å². The predicted octanol–water partition coefficient (Wildman–Crippen LogP) is 2.59. The molecule has 0 aliphatic carbocycles. The number of aromatic nitrogens is 2. The van der Waals surface area contributed by atoms with E-state index >= 15 is 0 Å². The van der Waals surface area contributed by atoms with Crippen molar-refractivity contribution < 1.29 is 9.47 Å². The van der Waals surface area contributed by atoms with Gasteiger partial charge in [-0.05, 0) is 24.9 Å². The monoisotopic (exact) mass is 513 g/mol. The van der Waals surface area contributed by atoms with Crippen LogP contribution in [0.5, 0.6) is 6.01 Å². The maximum atomic E-state index is 9.27. The number of hydrogen-bond donors (Lipinski definition) is 1. The molecular formula is C29H35N7O2. The van der Waals surface area contributed by atoms with Gasteiger partial charge in [-0.25, -0.2) is 0 Å². The van der Waals surface area contributed by atoms with Crippen molar-refractivity contribution in [2.75, 3.05) is 69.4 Å². The Kier molecular flexibility index (Phi) is 7.27. The van der Waals surface area contributed by atoms with Crippen molar-refractivity contribution in [2.24, 2.45) is 0 Å². The average molecular weight is 514 g/mol. The maximum absolute atomic E-state index is 9.27. The van der Waals surface area contributed by atoms with Crippen LogP contribution in [0.25, 0.3) is 10.8 Å². The molecule has 1 N–H and O–H groups in total. The number of fused-ring (bicyclic) bond motifs is 2. The lowest BCUT2D eigenvalue weighted by molar-refractivity contribution is -0.0120. The Bertz CT molecular complexity index is 1320. The second-order valence-corrected chi connectivity index (χ2v) is 10.4. The number of likely N-dealkylation sites (N-methyl/N-ethyl adjacent to an activating group) is 1. The van der Waals surface area contributed by atoms with Crippen molar-refractivity contribution in [3.05, 3.63) is 53.7 Å². The van der Waals surface area contributed by atoms with Crippen molar-refractivity contribution in [2.45, 2.75) is 31.5 Å². The van der Waals surface area contributed by atoms with Crippen LogP contribution in [0.2, 0.25) is 0 Å². The fourth-order valence-corrected chi connectivity index (χ4v) is 5.75. The molecule has 0 amide bonds. The summed E-state index contributed by atoms with van der Waals surface area (Å²) in [6, 6.07) is 18.1. The Labute approximate surface area is 224 Å². The molecule has 3 aliphatic heterocycles. The van der Waals surface area contributed by atoms with Crippen LogP contribution in [0, 0.1) is 11.3 Å². The Morgan fingerprint density at radius 3 is 2.89 bits per heavy atom. The molecule has 0 spiro atoms. The van der Waals surface area contributed by atoms with Crippen LogP contribution in [0.1, 0.15) is 17.7 Å². The SMILES string of the molecule is CN1CCOCC1COc1nc2c(c(N3CCNC(CC#N)C3)n1)CCN(c1cccc3ccccc13)C2. The van der Waals surface area contributed by atoms with Crippen molar-refractivity contribution >= 4 is 22.3 Å². The highest BCUT2D eigenvalue weighted by Crippen LogP contribution is 2.34. The minimum atomic E-state index is 0.132. The second-order valence-electron chi connectivity index (χ2n) is 10.4. The minimum absolute atomic E-state index is 0.132. The summed E-state index contributed by atoms with van der Waals surface area (Å²) >= 11 is 0. The van der Waals surface area contributed by atoms with Gasteiger partial charge in [0.25, 0.3) is 0 Å². The standard InChI is InChI=1S/C29H35N7O2/c1-34-15-16-37-19-23(34)20-38-29-32-26-18-35(27-8-4-6-21-5-2-3-7-24(21)27)13-10-25(26)28(33-29)36-14-12-31-22(17-36)9-11-30/h2-8,22-23,31H,9-10,12-20H2,1H3. The normalized spacial score (nSPS) is 22.2. The summed E-state index contributed by atoms with van der Waals surface area (Å²) in [5.74, 6) is 0.959. The quantitative estimate of drug-likeness (QED) is 0.534. The third-order valence-electron chi connectivity index (χ3n) is 7.95. The van der Waals surface area contributed by atoms with E-state index in [0.717, 1.165) is 57.3 Å². The number of piperazine rings is 1. The van der Waals surface area contributed by atoms with E-state index < -0.39 is 0 Å². The Hall–Kier alpha value is -3.45. The molecular weight excluding hydrogens is 478 g/mol. The van der Waals surface area contributed by atoms with Gasteiger partial charge in [0, 0.05) is 55.4 Å². The highest BCUT2D eigenvalue weighted by atomic mass is 16.5. The predicted molar refractivity (Wildman–Crippen MR) is 148 cm³/mol. The van der Waals surface area contributed by atoms with Gasteiger partial charge in [0.05, 0.1) is 44.0 Å². The molecule has 0 bridgehead atoms. The highest BCUT2D eigenvalue weighted by Gasteiger charge is 2.29. The summed E-state index contributed by atoms with van der Waals surface area (Å²) in [4.78, 5) is 16.9. The molecule has 38 heavy (non-hydrogen) atoms. The molecule has 2 atom stereocenters. The van der Waals surface area contributed by atoms with Gasteiger partial charge in [0.1, 0.15) is 12.4 Å². The molecule has 0 saturated carbocycles. The molecule has 6 rings (SSSR count). The lowest BCUT2D eigenvalue weighted by atomic mass is 10.0. The van der Waals surface area contributed by atoms with Crippen LogP contribution < -0.4 is 19.9 Å². The maximum Gasteiger partial charge on any atom is 0.318 e. The Morgan fingerprint density at radius 1 is 1.11 bits per heavy atom. The van der Waals surface area contributed by atoms with Crippen LogP contribution in [0.15, 0.2) is 42.5 Å². The first kappa shape index (κ1) is 24.9. The van der Waals surface area contributed by atoms with Crippen LogP contribution in [0.3, 0.4) is 0 Å². The topological polar surface area (TPSA) is 89.8 Å². The number of ether oxygens (including phenoxy) is 2. The number of morpholine rings is 1. The lowest BCUT2D eigenvalue weighted by Crippen LogP contribution is -2.51. The first-order valence-corrected chi connectivity index (χ1v) is 13.6. The number of nitrogens with one attached hydrogen (secondary N) is 1. The lowest BCUT2D eigenvalue weighted by Gasteiger charge is -2.37. The van der Waals surface area contributed by atoms with Crippen LogP contribution in [0.4, 0.5) is 11.5 Å². The van der Waals surface area contributed by atoms with E-state index in [4.69, 9.17) is 19.4 Å². The van der Waals surface area contributed by atoms with Crippen molar-refractivity contribution in [1.82, 2.24) is 20.2 Å². The number of nitriles is 1. The fraction of sp³-hybridized carbons (Fsp3) is 0.483. The van der Waals surface area contributed by atoms with Gasteiger partial charge < -0.3 is 24.6 Å². The molecule has 4 heterocycles. The molecule has 9 nitrogen and oxygen atoms in total. The minimum Gasteiger partial charge on any atom is -0.462 e. The van der Waals surface area contributed by atoms with Crippen LogP contribution in [-0.4, -0.2) is 86.5 Å². The zero-order chi connectivity index (χ0) is 25.9. The van der Waals surface area contributed by atoms with E-state index in [2.05, 4.69) is 75.6 Å². The third kappa shape index (κ3) is 5.12. The zero-order valence-electron chi connectivity index (χ0n) is 22.0. The average Bonchev–Trinajstić information content (AvgIpc) is 2.96. The fourth-order valence-electron chi connectivity index (χ4n) is 5.75. The third-order valence-corrected chi connectivity index (χ3v) is 7.95. The number of nitrogens with zero attached hydrogens (tertiary/aromatic N) is 6. The summed E-state index contributed by atoms with van der Waals surface area (Å²) < 4.78 is 11.9. The first-order chi connectivity index (χ1) is 18.7. The smallest absolute Gasteiger partial charge is 0.318 e. The molecule has 2 unspecified atom stereocenters. The molecule has 3 aliphatic rings. The van der Waals surface area contributed by atoms with E-state index in [1.54, 1.807) is 0 Å².